The molecule has 0 amide bonds. The highest BCUT2D eigenvalue weighted by Gasteiger charge is 2.25. The van der Waals surface area contributed by atoms with E-state index in [1.807, 2.05) is 12.1 Å². The lowest BCUT2D eigenvalue weighted by Gasteiger charge is -2.04. The molecule has 0 spiro atoms. The molecule has 2 heterocycles. The topological polar surface area (TPSA) is 76.8 Å². The van der Waals surface area contributed by atoms with Crippen molar-refractivity contribution in [3.05, 3.63) is 18.0 Å². The third-order valence-electron chi connectivity index (χ3n) is 3.41. The summed E-state index contributed by atoms with van der Waals surface area (Å²) in [5.41, 5.74) is 7.61. The van der Waals surface area contributed by atoms with E-state index in [0.717, 1.165) is 36.3 Å². The molecule has 90 valence electrons. The first-order chi connectivity index (χ1) is 8.26. The standard InChI is InChI=1S/C12H16N4O/c1-17-10-5-4-9-12(15-10)16-11(14-9)7-2-3-8(13)6-7/h4-5,7-8H,2-3,6,13H2,1H3,(H,14,15,16). The Hall–Kier alpha value is -1.62. The largest absolute Gasteiger partial charge is 0.481 e. The maximum atomic E-state index is 5.93. The molecule has 5 nitrogen and oxygen atoms in total. The van der Waals surface area contributed by atoms with Crippen molar-refractivity contribution in [2.24, 2.45) is 5.73 Å². The normalized spacial score (nSPS) is 24.4. The van der Waals surface area contributed by atoms with Gasteiger partial charge in [-0.05, 0) is 25.3 Å². The van der Waals surface area contributed by atoms with Crippen LogP contribution < -0.4 is 10.5 Å². The molecule has 1 aliphatic carbocycles. The number of pyridine rings is 1. The highest BCUT2D eigenvalue weighted by molar-refractivity contribution is 5.71. The molecule has 2 aromatic heterocycles. The predicted octanol–water partition coefficient (Wildman–Crippen LogP) is 1.56. The summed E-state index contributed by atoms with van der Waals surface area (Å²) in [5.74, 6) is 2.05. The zero-order valence-electron chi connectivity index (χ0n) is 9.81. The molecule has 0 radical (unpaired) electrons. The highest BCUT2D eigenvalue weighted by Crippen LogP contribution is 2.32. The van der Waals surface area contributed by atoms with E-state index in [1.165, 1.54) is 0 Å². The quantitative estimate of drug-likeness (QED) is 0.823. The summed E-state index contributed by atoms with van der Waals surface area (Å²) in [5, 5.41) is 0. The van der Waals surface area contributed by atoms with E-state index in [1.54, 1.807) is 7.11 Å². The Morgan fingerprint density at radius 3 is 2.94 bits per heavy atom. The van der Waals surface area contributed by atoms with Crippen LogP contribution in [0.25, 0.3) is 11.2 Å². The molecule has 2 atom stereocenters. The first-order valence-corrected chi connectivity index (χ1v) is 5.92. The van der Waals surface area contributed by atoms with E-state index in [9.17, 15) is 0 Å². The first-order valence-electron chi connectivity index (χ1n) is 5.92. The molecule has 3 rings (SSSR count). The molecular weight excluding hydrogens is 216 g/mol. The maximum absolute atomic E-state index is 5.93. The van der Waals surface area contributed by atoms with Crippen LogP contribution in [-0.4, -0.2) is 28.1 Å². The third kappa shape index (κ3) is 1.86. The second-order valence-corrected chi connectivity index (χ2v) is 4.62. The lowest BCUT2D eigenvalue weighted by molar-refractivity contribution is 0.399. The van der Waals surface area contributed by atoms with Crippen molar-refractivity contribution in [2.45, 2.75) is 31.2 Å². The van der Waals surface area contributed by atoms with Gasteiger partial charge in [-0.2, -0.15) is 4.98 Å². The smallest absolute Gasteiger partial charge is 0.215 e. The fourth-order valence-corrected chi connectivity index (χ4v) is 2.47. The number of methoxy groups -OCH3 is 1. The van der Waals surface area contributed by atoms with Crippen LogP contribution in [0.1, 0.15) is 31.0 Å². The van der Waals surface area contributed by atoms with Crippen LogP contribution in [0.5, 0.6) is 5.88 Å². The molecule has 0 aromatic carbocycles. The van der Waals surface area contributed by atoms with Crippen molar-refractivity contribution in [2.75, 3.05) is 7.11 Å². The van der Waals surface area contributed by atoms with Gasteiger partial charge in [-0.15, -0.1) is 0 Å². The number of ether oxygens (including phenoxy) is 1. The van der Waals surface area contributed by atoms with E-state index >= 15 is 0 Å². The lowest BCUT2D eigenvalue weighted by Crippen LogP contribution is -2.14. The van der Waals surface area contributed by atoms with E-state index in [2.05, 4.69) is 15.0 Å². The number of hydrogen-bond donors (Lipinski definition) is 2. The summed E-state index contributed by atoms with van der Waals surface area (Å²) in [4.78, 5) is 12.2. The van der Waals surface area contributed by atoms with Crippen molar-refractivity contribution < 1.29 is 4.74 Å². The summed E-state index contributed by atoms with van der Waals surface area (Å²) in [6.07, 6.45) is 3.20. The van der Waals surface area contributed by atoms with Gasteiger partial charge in [-0.3, -0.25) is 0 Å². The number of nitrogens with zero attached hydrogens (tertiary/aromatic N) is 2. The number of rotatable bonds is 2. The third-order valence-corrected chi connectivity index (χ3v) is 3.41. The number of H-pyrrole nitrogens is 1. The monoisotopic (exact) mass is 232 g/mol. The molecule has 17 heavy (non-hydrogen) atoms. The Morgan fingerprint density at radius 1 is 1.35 bits per heavy atom. The average Bonchev–Trinajstić information content (AvgIpc) is 2.93. The number of imidazole rings is 1. The summed E-state index contributed by atoms with van der Waals surface area (Å²) in [6, 6.07) is 4.10. The van der Waals surface area contributed by atoms with Crippen LogP contribution in [0.15, 0.2) is 12.1 Å². The highest BCUT2D eigenvalue weighted by atomic mass is 16.5. The minimum absolute atomic E-state index is 0.315. The zero-order valence-corrected chi connectivity index (χ0v) is 9.81. The minimum atomic E-state index is 0.315. The number of nitrogens with one attached hydrogen (secondary N) is 1. The van der Waals surface area contributed by atoms with E-state index in [4.69, 9.17) is 10.5 Å². The number of aromatic amines is 1. The molecule has 1 fully saturated rings. The summed E-state index contributed by atoms with van der Waals surface area (Å²) in [7, 11) is 1.61. The number of aromatic nitrogens is 3. The summed E-state index contributed by atoms with van der Waals surface area (Å²) >= 11 is 0. The van der Waals surface area contributed by atoms with E-state index < -0.39 is 0 Å². The van der Waals surface area contributed by atoms with Crippen LogP contribution in [-0.2, 0) is 0 Å². The molecule has 2 aromatic rings. The summed E-state index contributed by atoms with van der Waals surface area (Å²) < 4.78 is 5.09. The van der Waals surface area contributed by atoms with Gasteiger partial charge in [-0.25, -0.2) is 4.98 Å². The van der Waals surface area contributed by atoms with Crippen LogP contribution in [0, 0.1) is 0 Å². The molecule has 0 saturated heterocycles. The van der Waals surface area contributed by atoms with Crippen molar-refractivity contribution in [1.82, 2.24) is 15.0 Å². The molecule has 0 bridgehead atoms. The Morgan fingerprint density at radius 2 is 2.24 bits per heavy atom. The van der Waals surface area contributed by atoms with Gasteiger partial charge in [-0.1, -0.05) is 0 Å². The fourth-order valence-electron chi connectivity index (χ4n) is 2.47. The van der Waals surface area contributed by atoms with Gasteiger partial charge < -0.3 is 15.5 Å². The van der Waals surface area contributed by atoms with Gasteiger partial charge in [0, 0.05) is 18.0 Å². The van der Waals surface area contributed by atoms with Gasteiger partial charge in [0.25, 0.3) is 0 Å². The van der Waals surface area contributed by atoms with Crippen LogP contribution in [0.3, 0.4) is 0 Å². The van der Waals surface area contributed by atoms with Gasteiger partial charge in [0.2, 0.25) is 5.88 Å². The molecule has 0 aliphatic heterocycles. The minimum Gasteiger partial charge on any atom is -0.481 e. The van der Waals surface area contributed by atoms with Gasteiger partial charge in [0.1, 0.15) is 5.82 Å². The SMILES string of the molecule is COc1ccc2[nH]c(C3CCC(N)C3)nc2n1. The lowest BCUT2D eigenvalue weighted by atomic mass is 10.1. The molecule has 3 N–H and O–H groups in total. The maximum Gasteiger partial charge on any atom is 0.215 e. The summed E-state index contributed by atoms with van der Waals surface area (Å²) in [6.45, 7) is 0. The fraction of sp³-hybridized carbons (Fsp3) is 0.500. The Kier molecular flexibility index (Phi) is 2.48. The van der Waals surface area contributed by atoms with E-state index in [-0.39, 0.29) is 0 Å². The van der Waals surface area contributed by atoms with Crippen LogP contribution in [0.2, 0.25) is 0 Å². The van der Waals surface area contributed by atoms with Gasteiger partial charge in [0.05, 0.1) is 12.6 Å². The second-order valence-electron chi connectivity index (χ2n) is 4.62. The van der Waals surface area contributed by atoms with Gasteiger partial charge in [0.15, 0.2) is 5.65 Å². The second kappa shape index (κ2) is 4.00. The van der Waals surface area contributed by atoms with Crippen molar-refractivity contribution in [1.29, 1.82) is 0 Å². The van der Waals surface area contributed by atoms with Crippen molar-refractivity contribution >= 4 is 11.2 Å². The first kappa shape index (κ1) is 10.5. The van der Waals surface area contributed by atoms with Crippen molar-refractivity contribution in [3.63, 3.8) is 0 Å². The molecule has 1 saturated carbocycles. The predicted molar refractivity (Wildman–Crippen MR) is 65.0 cm³/mol. The van der Waals surface area contributed by atoms with Crippen LogP contribution in [0.4, 0.5) is 0 Å². The Balaban J connectivity index is 1.96. The Labute approximate surface area is 99.4 Å². The van der Waals surface area contributed by atoms with Crippen LogP contribution >= 0.6 is 0 Å². The van der Waals surface area contributed by atoms with Gasteiger partial charge >= 0.3 is 0 Å². The van der Waals surface area contributed by atoms with E-state index in [0.29, 0.717) is 17.8 Å². The average molecular weight is 232 g/mol. The molecule has 2 unspecified atom stereocenters. The number of fused-ring (bicyclic) bond motifs is 1. The molecule has 5 heteroatoms. The number of nitrogens with two attached hydrogens (primary N) is 1. The molecular formula is C12H16N4O. The zero-order chi connectivity index (χ0) is 11.8. The number of hydrogen-bond acceptors (Lipinski definition) is 4. The Bertz CT molecular complexity index is 536. The molecule has 1 aliphatic rings. The van der Waals surface area contributed by atoms with Crippen molar-refractivity contribution in [3.8, 4) is 5.88 Å².